The van der Waals surface area contributed by atoms with Crippen molar-refractivity contribution in [1.82, 2.24) is 4.57 Å². The number of para-hydroxylation sites is 1. The molecule has 0 bridgehead atoms. The van der Waals surface area contributed by atoms with E-state index in [1.807, 2.05) is 32.2 Å². The molecule has 0 spiro atoms. The summed E-state index contributed by atoms with van der Waals surface area (Å²) in [6.07, 6.45) is 2.11. The molecule has 0 fully saturated rings. The first kappa shape index (κ1) is 11.4. The predicted octanol–water partition coefficient (Wildman–Crippen LogP) is 3.29. The summed E-state index contributed by atoms with van der Waals surface area (Å²) in [4.78, 5) is 0. The third kappa shape index (κ3) is 1.23. The van der Waals surface area contributed by atoms with Crippen LogP contribution in [0.5, 0.6) is 0 Å². The first-order valence-electron chi connectivity index (χ1n) is 6.76. The Morgan fingerprint density at radius 1 is 1.05 bits per heavy atom. The minimum absolute atomic E-state index is 0.934. The van der Waals surface area contributed by atoms with E-state index in [4.69, 9.17) is 4.42 Å². The lowest BCUT2D eigenvalue weighted by atomic mass is 10.1. The van der Waals surface area contributed by atoms with E-state index >= 15 is 0 Å². The quantitative estimate of drug-likeness (QED) is 0.475. The molecule has 0 radical (unpaired) electrons. The van der Waals surface area contributed by atoms with Gasteiger partial charge in [-0.05, 0) is 19.1 Å². The van der Waals surface area contributed by atoms with Crippen molar-refractivity contribution in [2.45, 2.75) is 6.92 Å². The molecule has 2 heterocycles. The van der Waals surface area contributed by atoms with E-state index < -0.39 is 0 Å². The van der Waals surface area contributed by atoms with Gasteiger partial charge in [-0.3, -0.25) is 0 Å². The van der Waals surface area contributed by atoms with Crippen LogP contribution in [-0.4, -0.2) is 4.57 Å². The molecule has 2 aromatic carbocycles. The van der Waals surface area contributed by atoms with Crippen LogP contribution in [0.15, 0.2) is 40.8 Å². The molecule has 4 rings (SSSR count). The van der Waals surface area contributed by atoms with Gasteiger partial charge in [-0.15, -0.1) is 0 Å². The second-order valence-electron chi connectivity index (χ2n) is 5.14. The van der Waals surface area contributed by atoms with Crippen LogP contribution in [0.4, 0.5) is 0 Å². The number of aryl methyl sites for hydroxylation is 1. The number of benzene rings is 2. The Bertz CT molecular complexity index is 1080. The van der Waals surface area contributed by atoms with Gasteiger partial charge in [0.2, 0.25) is 0 Å². The van der Waals surface area contributed by atoms with E-state index in [9.17, 15) is 0 Å². The topological polar surface area (TPSA) is 18.1 Å². The Hall–Kier alpha value is -2.48. The van der Waals surface area contributed by atoms with Gasteiger partial charge < -0.3 is 8.98 Å². The maximum atomic E-state index is 6.10. The Labute approximate surface area is 116 Å². The fraction of sp³-hybridized carbons (Fsp3) is 0.111. The van der Waals surface area contributed by atoms with Crippen LogP contribution in [0.25, 0.3) is 45.5 Å². The third-order valence-corrected chi connectivity index (χ3v) is 4.15. The molecule has 4 aromatic rings. The maximum Gasteiger partial charge on any atom is 0.159 e. The molecule has 0 amide bonds. The number of hydrogen-bond donors (Lipinski definition) is 0. The summed E-state index contributed by atoms with van der Waals surface area (Å²) in [7, 11) is 2.05. The third-order valence-electron chi connectivity index (χ3n) is 4.15. The van der Waals surface area contributed by atoms with Gasteiger partial charge >= 0.3 is 0 Å². The molecule has 0 aliphatic heterocycles. The summed E-state index contributed by atoms with van der Waals surface area (Å²) < 4.78 is 8.22. The lowest BCUT2D eigenvalue weighted by Crippen LogP contribution is -2.25. The monoisotopic (exact) mass is 261 g/mol. The fourth-order valence-electron chi connectivity index (χ4n) is 3.12. The van der Waals surface area contributed by atoms with Crippen molar-refractivity contribution >= 4 is 45.5 Å². The second-order valence-corrected chi connectivity index (χ2v) is 5.14. The van der Waals surface area contributed by atoms with Crippen molar-refractivity contribution < 1.29 is 4.42 Å². The molecule has 20 heavy (non-hydrogen) atoms. The van der Waals surface area contributed by atoms with Crippen molar-refractivity contribution in [1.29, 1.82) is 0 Å². The van der Waals surface area contributed by atoms with E-state index in [-0.39, 0.29) is 0 Å². The molecule has 0 unspecified atom stereocenters. The van der Waals surface area contributed by atoms with E-state index in [1.54, 1.807) is 0 Å². The maximum absolute atomic E-state index is 6.10. The van der Waals surface area contributed by atoms with E-state index in [2.05, 4.69) is 35.4 Å². The van der Waals surface area contributed by atoms with Gasteiger partial charge in [-0.25, -0.2) is 0 Å². The molecule has 0 atom stereocenters. The predicted molar refractivity (Wildman–Crippen MR) is 85.1 cm³/mol. The molecule has 0 saturated heterocycles. The summed E-state index contributed by atoms with van der Waals surface area (Å²) >= 11 is 0. The van der Waals surface area contributed by atoms with E-state index in [1.165, 1.54) is 16.0 Å². The van der Waals surface area contributed by atoms with Crippen LogP contribution in [0, 0.1) is 0 Å². The van der Waals surface area contributed by atoms with Gasteiger partial charge in [0.1, 0.15) is 5.58 Å². The first-order chi connectivity index (χ1) is 9.72. The van der Waals surface area contributed by atoms with Crippen LogP contribution in [0.2, 0.25) is 0 Å². The normalized spacial score (nSPS) is 13.0. The van der Waals surface area contributed by atoms with Gasteiger partial charge in [0, 0.05) is 33.8 Å². The van der Waals surface area contributed by atoms with Crippen molar-refractivity contribution in [2.24, 2.45) is 7.05 Å². The minimum atomic E-state index is 0.934. The molecular formula is C18H15NO. The molecular weight excluding hydrogens is 246 g/mol. The number of aromatic nitrogens is 1. The van der Waals surface area contributed by atoms with Crippen LogP contribution >= 0.6 is 0 Å². The summed E-state index contributed by atoms with van der Waals surface area (Å²) in [6.45, 7) is 6.23. The average molecular weight is 261 g/mol. The van der Waals surface area contributed by atoms with Gasteiger partial charge in [0.15, 0.2) is 5.58 Å². The molecule has 2 heteroatoms. The lowest BCUT2D eigenvalue weighted by molar-refractivity contribution is 0.669. The summed E-state index contributed by atoms with van der Waals surface area (Å²) in [5.74, 6) is 0. The Morgan fingerprint density at radius 3 is 2.60 bits per heavy atom. The Morgan fingerprint density at radius 2 is 1.80 bits per heavy atom. The summed E-state index contributed by atoms with van der Waals surface area (Å²) in [6, 6.07) is 12.5. The molecule has 0 saturated carbocycles. The number of rotatable bonds is 0. The number of hydrogen-bond acceptors (Lipinski definition) is 1. The standard InChI is InChI=1S/C18H15NO/c1-4-12-11(2)19(3)17-14(12)9-10-15-13-7-5-6-8-16(13)20-18(15)17/h4-10H,2H2,1,3H3/b12-4+. The molecule has 2 aromatic heterocycles. The smallest absolute Gasteiger partial charge is 0.159 e. The van der Waals surface area contributed by atoms with Crippen molar-refractivity contribution in [3.8, 4) is 0 Å². The average Bonchev–Trinajstić information content (AvgIpc) is 2.95. The highest BCUT2D eigenvalue weighted by atomic mass is 16.3. The zero-order valence-corrected chi connectivity index (χ0v) is 11.6. The highest BCUT2D eigenvalue weighted by Crippen LogP contribution is 2.32. The molecule has 0 aliphatic rings. The number of furan rings is 1. The van der Waals surface area contributed by atoms with Crippen LogP contribution in [0.1, 0.15) is 6.92 Å². The molecule has 0 N–H and O–H groups in total. The van der Waals surface area contributed by atoms with Gasteiger partial charge in [-0.2, -0.15) is 0 Å². The number of nitrogens with zero attached hydrogens (tertiary/aromatic N) is 1. The second kappa shape index (κ2) is 3.76. The van der Waals surface area contributed by atoms with Gasteiger partial charge in [0.25, 0.3) is 0 Å². The minimum Gasteiger partial charge on any atom is -0.454 e. The highest BCUT2D eigenvalue weighted by Gasteiger charge is 2.13. The number of fused-ring (bicyclic) bond motifs is 5. The van der Waals surface area contributed by atoms with Crippen LogP contribution < -0.4 is 10.6 Å². The van der Waals surface area contributed by atoms with Crippen molar-refractivity contribution in [2.75, 3.05) is 0 Å². The van der Waals surface area contributed by atoms with Gasteiger partial charge in [0.05, 0.1) is 5.52 Å². The molecule has 2 nitrogen and oxygen atoms in total. The largest absolute Gasteiger partial charge is 0.454 e. The first-order valence-corrected chi connectivity index (χ1v) is 6.76. The molecule has 0 aliphatic carbocycles. The van der Waals surface area contributed by atoms with Crippen LogP contribution in [0.3, 0.4) is 0 Å². The fourth-order valence-corrected chi connectivity index (χ4v) is 3.12. The van der Waals surface area contributed by atoms with Crippen molar-refractivity contribution in [3.63, 3.8) is 0 Å². The molecule has 98 valence electrons. The van der Waals surface area contributed by atoms with Crippen LogP contribution in [-0.2, 0) is 7.05 Å². The SMILES string of the molecule is C=c1/c(=C\C)c2ccc3c4ccccc4oc3c2n1C. The van der Waals surface area contributed by atoms with E-state index in [0.29, 0.717) is 0 Å². The van der Waals surface area contributed by atoms with E-state index in [0.717, 1.165) is 27.4 Å². The zero-order chi connectivity index (χ0) is 13.9. The van der Waals surface area contributed by atoms with Gasteiger partial charge in [-0.1, -0.05) is 36.9 Å². The Kier molecular flexibility index (Phi) is 2.14. The lowest BCUT2D eigenvalue weighted by Gasteiger charge is -1.97. The Balaban J connectivity index is 2.40. The highest BCUT2D eigenvalue weighted by molar-refractivity contribution is 6.14. The zero-order valence-electron chi connectivity index (χ0n) is 11.6. The van der Waals surface area contributed by atoms with Crippen molar-refractivity contribution in [3.05, 3.63) is 47.0 Å². The summed E-state index contributed by atoms with van der Waals surface area (Å²) in [5, 5.41) is 5.74. The summed E-state index contributed by atoms with van der Waals surface area (Å²) in [5.41, 5.74) is 3.00.